The zero-order valence-electron chi connectivity index (χ0n) is 4.72. The van der Waals surface area contributed by atoms with Crippen LogP contribution in [0.4, 0.5) is 0 Å². The van der Waals surface area contributed by atoms with Crippen molar-refractivity contribution in [1.82, 2.24) is 5.43 Å². The fourth-order valence-corrected chi connectivity index (χ4v) is 0.162. The van der Waals surface area contributed by atoms with Gasteiger partial charge in [0.25, 0.3) is 0 Å². The molecule has 8 heavy (non-hydrogen) atoms. The predicted molar refractivity (Wildman–Crippen MR) is 32.0 cm³/mol. The number of hydrogen-bond donors (Lipinski definition) is 2. The van der Waals surface area contributed by atoms with Gasteiger partial charge in [0.15, 0.2) is 0 Å². The van der Waals surface area contributed by atoms with E-state index in [1.807, 2.05) is 0 Å². The van der Waals surface area contributed by atoms with Crippen molar-refractivity contribution in [1.29, 1.82) is 0 Å². The van der Waals surface area contributed by atoms with E-state index in [0.29, 0.717) is 5.88 Å². The van der Waals surface area contributed by atoms with Gasteiger partial charge < -0.3 is 10.2 Å². The third-order valence-electron chi connectivity index (χ3n) is 0.519. The predicted octanol–water partition coefficient (Wildman–Crippen LogP) is -0.404. The molecule has 0 bridgehead atoms. The standard InChI is InChI=1S/C4H9N3O/c1-4(8-2)6-3-7-5/h3H,1,5H2,2H3,(H,6,7). The molecule has 0 spiro atoms. The second-order valence-corrected chi connectivity index (χ2v) is 1.02. The highest BCUT2D eigenvalue weighted by atomic mass is 16.5. The smallest absolute Gasteiger partial charge is 0.206 e. The monoisotopic (exact) mass is 115 g/mol. The van der Waals surface area contributed by atoms with Crippen LogP contribution in [0.2, 0.25) is 0 Å². The number of aliphatic imine (C=N–C) groups is 1. The summed E-state index contributed by atoms with van der Waals surface area (Å²) in [5.74, 6) is 5.16. The molecule has 0 aromatic heterocycles. The van der Waals surface area contributed by atoms with Gasteiger partial charge in [-0.05, 0) is 6.58 Å². The zero-order chi connectivity index (χ0) is 6.41. The molecule has 4 nitrogen and oxygen atoms in total. The topological polar surface area (TPSA) is 59.6 Å². The Labute approximate surface area is 48.0 Å². The average molecular weight is 115 g/mol. The second kappa shape index (κ2) is 4.14. The largest absolute Gasteiger partial charge is 0.481 e. The molecule has 3 N–H and O–H groups in total. The first-order chi connectivity index (χ1) is 3.81. The number of nitrogens with zero attached hydrogens (tertiary/aromatic N) is 1. The Balaban J connectivity index is 3.37. The molecule has 0 fully saturated rings. The molecule has 0 unspecified atom stereocenters. The minimum Gasteiger partial charge on any atom is -0.481 e. The van der Waals surface area contributed by atoms with Crippen LogP contribution in [0.5, 0.6) is 0 Å². The van der Waals surface area contributed by atoms with Crippen LogP contribution in [0.15, 0.2) is 17.5 Å². The van der Waals surface area contributed by atoms with Crippen molar-refractivity contribution < 1.29 is 4.74 Å². The van der Waals surface area contributed by atoms with Crippen LogP contribution in [-0.4, -0.2) is 13.4 Å². The Hall–Kier alpha value is -1.03. The van der Waals surface area contributed by atoms with E-state index >= 15 is 0 Å². The first-order valence-electron chi connectivity index (χ1n) is 2.03. The van der Waals surface area contributed by atoms with Crippen LogP contribution in [-0.2, 0) is 4.74 Å². The lowest BCUT2D eigenvalue weighted by atomic mass is 10.9. The molecule has 0 aliphatic heterocycles. The normalized spacial score (nSPS) is 9.25. The van der Waals surface area contributed by atoms with Gasteiger partial charge in [-0.25, -0.2) is 10.8 Å². The van der Waals surface area contributed by atoms with E-state index in [9.17, 15) is 0 Å². The molecule has 0 aromatic carbocycles. The summed E-state index contributed by atoms with van der Waals surface area (Å²) in [5, 5.41) is 0. The maximum absolute atomic E-state index is 4.84. The van der Waals surface area contributed by atoms with Gasteiger partial charge in [0.2, 0.25) is 5.88 Å². The maximum Gasteiger partial charge on any atom is 0.206 e. The second-order valence-electron chi connectivity index (χ2n) is 1.02. The van der Waals surface area contributed by atoms with Gasteiger partial charge in [-0.3, -0.25) is 0 Å². The lowest BCUT2D eigenvalue weighted by Gasteiger charge is -1.92. The van der Waals surface area contributed by atoms with E-state index in [4.69, 9.17) is 5.84 Å². The minimum atomic E-state index is 0.322. The van der Waals surface area contributed by atoms with Crippen molar-refractivity contribution in [3.8, 4) is 0 Å². The molecule has 0 aliphatic carbocycles. The lowest BCUT2D eigenvalue weighted by Crippen LogP contribution is -2.19. The van der Waals surface area contributed by atoms with E-state index in [1.165, 1.54) is 13.4 Å². The molecular formula is C4H9N3O. The summed E-state index contributed by atoms with van der Waals surface area (Å²) in [5.41, 5.74) is 2.20. The molecule has 0 aromatic rings. The van der Waals surface area contributed by atoms with Gasteiger partial charge in [0.05, 0.1) is 7.11 Å². The van der Waals surface area contributed by atoms with Gasteiger partial charge in [0.1, 0.15) is 6.34 Å². The van der Waals surface area contributed by atoms with Crippen molar-refractivity contribution in [3.63, 3.8) is 0 Å². The number of ether oxygens (including phenoxy) is 1. The van der Waals surface area contributed by atoms with Crippen LogP contribution in [0.25, 0.3) is 0 Å². The molecule has 0 rings (SSSR count). The Kier molecular flexibility index (Phi) is 3.60. The van der Waals surface area contributed by atoms with Crippen molar-refractivity contribution in [2.75, 3.05) is 7.11 Å². The van der Waals surface area contributed by atoms with Crippen molar-refractivity contribution >= 4 is 6.34 Å². The Morgan fingerprint density at radius 1 is 2.00 bits per heavy atom. The highest BCUT2D eigenvalue weighted by molar-refractivity contribution is 5.54. The molecule has 0 amide bonds. The maximum atomic E-state index is 4.84. The third-order valence-corrected chi connectivity index (χ3v) is 0.519. The van der Waals surface area contributed by atoms with Crippen molar-refractivity contribution in [2.24, 2.45) is 10.8 Å². The molecule has 0 aliphatic rings. The lowest BCUT2D eigenvalue weighted by molar-refractivity contribution is 0.291. The summed E-state index contributed by atoms with van der Waals surface area (Å²) >= 11 is 0. The van der Waals surface area contributed by atoms with E-state index in [1.54, 1.807) is 0 Å². The van der Waals surface area contributed by atoms with Gasteiger partial charge in [-0.2, -0.15) is 0 Å². The summed E-state index contributed by atoms with van der Waals surface area (Å²) in [7, 11) is 1.48. The van der Waals surface area contributed by atoms with Crippen LogP contribution >= 0.6 is 0 Å². The number of methoxy groups -OCH3 is 1. The van der Waals surface area contributed by atoms with Gasteiger partial charge in [0, 0.05) is 0 Å². The molecule has 0 atom stereocenters. The Morgan fingerprint density at radius 2 is 2.62 bits per heavy atom. The van der Waals surface area contributed by atoms with Gasteiger partial charge >= 0.3 is 0 Å². The number of hydrogen-bond acceptors (Lipinski definition) is 3. The number of nitrogens with one attached hydrogen (secondary N) is 1. The minimum absolute atomic E-state index is 0.322. The average Bonchev–Trinajstić information content (AvgIpc) is 1.83. The highest BCUT2D eigenvalue weighted by Gasteiger charge is 1.77. The summed E-state index contributed by atoms with van der Waals surface area (Å²) in [4.78, 5) is 3.58. The number of rotatable bonds is 3. The fraction of sp³-hybridized carbons (Fsp3) is 0.250. The molecule has 0 radical (unpaired) electrons. The molecule has 46 valence electrons. The fourth-order valence-electron chi connectivity index (χ4n) is 0.162. The van der Waals surface area contributed by atoms with E-state index in [-0.39, 0.29) is 0 Å². The molecule has 0 heterocycles. The highest BCUT2D eigenvalue weighted by Crippen LogP contribution is 1.86. The quantitative estimate of drug-likeness (QED) is 0.173. The van der Waals surface area contributed by atoms with Crippen LogP contribution in [0, 0.1) is 0 Å². The number of nitrogens with two attached hydrogens (primary N) is 1. The van der Waals surface area contributed by atoms with Crippen LogP contribution in [0.1, 0.15) is 0 Å². The Morgan fingerprint density at radius 3 is 3.00 bits per heavy atom. The zero-order valence-corrected chi connectivity index (χ0v) is 4.72. The number of hydrazine groups is 1. The summed E-state index contributed by atoms with van der Waals surface area (Å²) in [6.45, 7) is 3.40. The molecule has 4 heteroatoms. The van der Waals surface area contributed by atoms with Crippen LogP contribution < -0.4 is 11.3 Å². The first-order valence-corrected chi connectivity index (χ1v) is 2.03. The summed E-state index contributed by atoms with van der Waals surface area (Å²) < 4.78 is 4.56. The Bertz CT molecular complexity index is 99.5. The molecular weight excluding hydrogens is 106 g/mol. The summed E-state index contributed by atoms with van der Waals surface area (Å²) in [6, 6.07) is 0. The van der Waals surface area contributed by atoms with E-state index < -0.39 is 0 Å². The van der Waals surface area contributed by atoms with E-state index in [2.05, 4.69) is 21.7 Å². The van der Waals surface area contributed by atoms with Crippen LogP contribution in [0.3, 0.4) is 0 Å². The summed E-state index contributed by atoms with van der Waals surface area (Å²) in [6.07, 6.45) is 1.28. The third kappa shape index (κ3) is 3.17. The van der Waals surface area contributed by atoms with Crippen molar-refractivity contribution in [3.05, 3.63) is 12.5 Å². The van der Waals surface area contributed by atoms with E-state index in [0.717, 1.165) is 0 Å². The molecule has 0 saturated heterocycles. The van der Waals surface area contributed by atoms with Gasteiger partial charge in [-0.1, -0.05) is 0 Å². The van der Waals surface area contributed by atoms with Gasteiger partial charge in [-0.15, -0.1) is 0 Å². The first kappa shape index (κ1) is 6.97. The van der Waals surface area contributed by atoms with Crippen molar-refractivity contribution in [2.45, 2.75) is 0 Å². The SMILES string of the molecule is C=C(N=CNN)OC. The molecule has 0 saturated carbocycles.